The van der Waals surface area contributed by atoms with E-state index in [0.717, 1.165) is 105 Å². The molecule has 0 bridgehead atoms. The Hall–Kier alpha value is -10.6. The maximum atomic E-state index is 5.69. The highest BCUT2D eigenvalue weighted by atomic mass is 15.0. The van der Waals surface area contributed by atoms with Gasteiger partial charge in [-0.3, -0.25) is 0 Å². The van der Waals surface area contributed by atoms with E-state index in [4.69, 9.17) is 15.0 Å². The molecule has 0 saturated carbocycles. The molecule has 80 heavy (non-hydrogen) atoms. The SMILES string of the molecule is c1ccc(-c2cc(-c3ccccc3)cc(-c3nc(-c4cc(-c5ccccc5)cc(-c5ccccc5)c4)nc(-c4cc5c6c(c4)c4cc(-c7ccccc7)ccc4n6-c4ccccc4C5(c4ccccc4)c4ccccc4)n3)c2)cc1. The highest BCUT2D eigenvalue weighted by molar-refractivity contribution is 6.14. The average Bonchev–Trinajstić information content (AvgIpc) is 3.99. The third-order valence-electron chi connectivity index (χ3n) is 16.0. The standard InChI is InChI=1S/C76H50N4/c1-8-24-51(25-9-1)56-40-41-70-66(48-56)67-49-63(50-69-72(67)80(70)71-39-23-22-38-68(71)76(69,64-34-18-6-19-35-64)65-36-20-7-21-37-65)75-78-73(61-44-57(52-26-10-2-11-27-52)42-58(45-61)53-28-12-3-13-29-53)77-74(79-75)62-46-59(54-30-14-4-15-31-54)43-60(47-62)55-32-16-5-17-33-55/h1-50H. The van der Waals surface area contributed by atoms with Crippen molar-refractivity contribution in [2.75, 3.05) is 0 Å². The number of rotatable bonds is 10. The van der Waals surface area contributed by atoms with Crippen LogP contribution in [0.4, 0.5) is 0 Å². The number of benzene rings is 12. The van der Waals surface area contributed by atoms with Gasteiger partial charge in [0.05, 0.1) is 22.1 Å². The van der Waals surface area contributed by atoms with Crippen LogP contribution in [0.1, 0.15) is 22.3 Å². The maximum Gasteiger partial charge on any atom is 0.164 e. The molecule has 0 N–H and O–H groups in total. The lowest BCUT2D eigenvalue weighted by atomic mass is 9.63. The maximum absolute atomic E-state index is 5.69. The molecule has 4 nitrogen and oxygen atoms in total. The summed E-state index contributed by atoms with van der Waals surface area (Å²) in [6.07, 6.45) is 0. The molecule has 14 aromatic rings. The summed E-state index contributed by atoms with van der Waals surface area (Å²) in [6.45, 7) is 0. The average molecular weight is 1020 g/mol. The first-order valence-corrected chi connectivity index (χ1v) is 27.3. The summed E-state index contributed by atoms with van der Waals surface area (Å²) >= 11 is 0. The molecule has 12 aromatic carbocycles. The third-order valence-corrected chi connectivity index (χ3v) is 16.0. The molecule has 1 aliphatic rings. The van der Waals surface area contributed by atoms with E-state index in [1.165, 1.54) is 16.7 Å². The summed E-state index contributed by atoms with van der Waals surface area (Å²) in [7, 11) is 0. The van der Waals surface area contributed by atoms with Crippen molar-refractivity contribution in [3.8, 4) is 95.5 Å². The summed E-state index contributed by atoms with van der Waals surface area (Å²) in [4.78, 5) is 17.0. The first kappa shape index (κ1) is 46.7. The van der Waals surface area contributed by atoms with Gasteiger partial charge in [0.1, 0.15) is 0 Å². The van der Waals surface area contributed by atoms with E-state index in [0.29, 0.717) is 17.5 Å². The second-order valence-corrected chi connectivity index (χ2v) is 20.7. The Balaban J connectivity index is 1.07. The van der Waals surface area contributed by atoms with Crippen LogP contribution in [0.15, 0.2) is 303 Å². The Morgan fingerprint density at radius 1 is 0.237 bits per heavy atom. The zero-order valence-electron chi connectivity index (χ0n) is 43.7. The van der Waals surface area contributed by atoms with Crippen LogP contribution >= 0.6 is 0 Å². The fourth-order valence-corrected chi connectivity index (χ4v) is 12.4. The van der Waals surface area contributed by atoms with Crippen molar-refractivity contribution in [1.82, 2.24) is 19.5 Å². The van der Waals surface area contributed by atoms with Gasteiger partial charge in [-0.1, -0.05) is 237 Å². The molecule has 0 spiro atoms. The van der Waals surface area contributed by atoms with E-state index in [-0.39, 0.29) is 0 Å². The van der Waals surface area contributed by atoms with Crippen LogP contribution in [0.5, 0.6) is 0 Å². The van der Waals surface area contributed by atoms with Crippen molar-refractivity contribution in [1.29, 1.82) is 0 Å². The highest BCUT2D eigenvalue weighted by Gasteiger charge is 2.45. The van der Waals surface area contributed by atoms with Gasteiger partial charge >= 0.3 is 0 Å². The summed E-state index contributed by atoms with van der Waals surface area (Å²) in [6, 6.07) is 109. The van der Waals surface area contributed by atoms with E-state index in [9.17, 15) is 0 Å². The zero-order chi connectivity index (χ0) is 53.0. The number of nitrogens with zero attached hydrogens (tertiary/aromatic N) is 4. The molecule has 1 aliphatic heterocycles. The zero-order valence-corrected chi connectivity index (χ0v) is 43.7. The van der Waals surface area contributed by atoms with Gasteiger partial charge < -0.3 is 4.57 Å². The Bertz CT molecular complexity index is 4300. The normalized spacial score (nSPS) is 12.3. The molecule has 0 aliphatic carbocycles. The number of aromatic nitrogens is 4. The predicted molar refractivity (Wildman–Crippen MR) is 330 cm³/mol. The van der Waals surface area contributed by atoms with Crippen LogP contribution in [-0.2, 0) is 5.41 Å². The smallest absolute Gasteiger partial charge is 0.164 e. The minimum atomic E-state index is -0.748. The fourth-order valence-electron chi connectivity index (χ4n) is 12.4. The number of hydrogen-bond acceptors (Lipinski definition) is 3. The van der Waals surface area contributed by atoms with E-state index in [1.54, 1.807) is 0 Å². The topological polar surface area (TPSA) is 43.6 Å². The second-order valence-electron chi connectivity index (χ2n) is 20.7. The number of fused-ring (bicyclic) bond motifs is 5. The molecule has 0 fully saturated rings. The van der Waals surface area contributed by atoms with Gasteiger partial charge in [-0.2, -0.15) is 0 Å². The lowest BCUT2D eigenvalue weighted by molar-refractivity contribution is 0.728. The Morgan fingerprint density at radius 2 is 0.575 bits per heavy atom. The van der Waals surface area contributed by atoms with Crippen molar-refractivity contribution in [3.63, 3.8) is 0 Å². The van der Waals surface area contributed by atoms with Crippen LogP contribution < -0.4 is 0 Å². The van der Waals surface area contributed by atoms with E-state index in [2.05, 4.69) is 308 Å². The molecule has 3 heterocycles. The molecule has 0 radical (unpaired) electrons. The molecule has 374 valence electrons. The van der Waals surface area contributed by atoms with Gasteiger partial charge in [0.15, 0.2) is 17.5 Å². The largest absolute Gasteiger partial charge is 0.309 e. The molecule has 15 rings (SSSR count). The predicted octanol–water partition coefficient (Wildman–Crippen LogP) is 19.0. The molecule has 0 amide bonds. The van der Waals surface area contributed by atoms with E-state index < -0.39 is 5.41 Å². The Morgan fingerprint density at radius 3 is 1.00 bits per heavy atom. The quantitative estimate of drug-likeness (QED) is 0.137. The molecular weight excluding hydrogens is 969 g/mol. The summed E-state index contributed by atoms with van der Waals surface area (Å²) in [5, 5.41) is 2.27. The first-order chi connectivity index (χ1) is 39.6. The lowest BCUT2D eigenvalue weighted by Gasteiger charge is -2.42. The van der Waals surface area contributed by atoms with Crippen LogP contribution in [-0.4, -0.2) is 19.5 Å². The second kappa shape index (κ2) is 19.5. The Labute approximate surface area is 465 Å². The minimum absolute atomic E-state index is 0.579. The molecular formula is C76H50N4. The molecule has 0 unspecified atom stereocenters. The van der Waals surface area contributed by atoms with Gasteiger partial charge in [-0.05, 0) is 145 Å². The van der Waals surface area contributed by atoms with Crippen LogP contribution in [0, 0.1) is 0 Å². The fraction of sp³-hybridized carbons (Fsp3) is 0.0132. The summed E-state index contributed by atoms with van der Waals surface area (Å²) < 4.78 is 2.50. The van der Waals surface area contributed by atoms with Gasteiger partial charge in [0, 0.05) is 27.5 Å². The molecule has 0 saturated heterocycles. The summed E-state index contributed by atoms with van der Waals surface area (Å²) in [5.41, 5.74) is 21.1. The van der Waals surface area contributed by atoms with Gasteiger partial charge in [-0.15, -0.1) is 0 Å². The van der Waals surface area contributed by atoms with E-state index in [1.807, 2.05) is 0 Å². The molecule has 4 heteroatoms. The van der Waals surface area contributed by atoms with Crippen LogP contribution in [0.25, 0.3) is 117 Å². The van der Waals surface area contributed by atoms with Gasteiger partial charge in [-0.25, -0.2) is 15.0 Å². The van der Waals surface area contributed by atoms with Crippen molar-refractivity contribution in [2.45, 2.75) is 5.41 Å². The monoisotopic (exact) mass is 1020 g/mol. The van der Waals surface area contributed by atoms with Crippen molar-refractivity contribution >= 4 is 21.8 Å². The van der Waals surface area contributed by atoms with Crippen LogP contribution in [0.3, 0.4) is 0 Å². The third kappa shape index (κ3) is 7.96. The summed E-state index contributed by atoms with van der Waals surface area (Å²) in [5.74, 6) is 1.74. The lowest BCUT2D eigenvalue weighted by Crippen LogP contribution is -2.35. The molecule has 0 atom stereocenters. The minimum Gasteiger partial charge on any atom is -0.309 e. The molecule has 2 aromatic heterocycles. The van der Waals surface area contributed by atoms with Crippen LogP contribution in [0.2, 0.25) is 0 Å². The van der Waals surface area contributed by atoms with Crippen molar-refractivity contribution in [2.24, 2.45) is 0 Å². The Kier molecular flexibility index (Phi) is 11.4. The first-order valence-electron chi connectivity index (χ1n) is 27.3. The number of para-hydroxylation sites is 1. The van der Waals surface area contributed by atoms with Crippen molar-refractivity contribution in [3.05, 3.63) is 326 Å². The highest BCUT2D eigenvalue weighted by Crippen LogP contribution is 2.55. The van der Waals surface area contributed by atoms with Crippen molar-refractivity contribution < 1.29 is 0 Å². The van der Waals surface area contributed by atoms with Gasteiger partial charge in [0.25, 0.3) is 0 Å². The van der Waals surface area contributed by atoms with E-state index >= 15 is 0 Å². The number of hydrogen-bond donors (Lipinski definition) is 0. The van der Waals surface area contributed by atoms with Gasteiger partial charge in [0.2, 0.25) is 0 Å².